The molecular weight excluding hydrogens is 344 g/mol. The molecule has 1 atom stereocenters. The second kappa shape index (κ2) is 5.15. The Balaban J connectivity index is 1.94. The number of benzene rings is 3. The summed E-state index contributed by atoms with van der Waals surface area (Å²) < 4.78 is 1.06. The molecule has 0 saturated carbocycles. The Morgan fingerprint density at radius 1 is 0.810 bits per heavy atom. The van der Waals surface area contributed by atoms with Crippen LogP contribution in [0.15, 0.2) is 59.1 Å². The van der Waals surface area contributed by atoms with Gasteiger partial charge in [-0.1, -0.05) is 64.5 Å². The molecule has 104 valence electrons. The van der Waals surface area contributed by atoms with Gasteiger partial charge in [-0.25, -0.2) is 0 Å². The first kappa shape index (κ1) is 13.4. The number of halogens is 2. The minimum Gasteiger partial charge on any atom is -0.113 e. The second-order valence-electron chi connectivity index (χ2n) is 5.54. The van der Waals surface area contributed by atoms with Crippen LogP contribution in [-0.4, -0.2) is 0 Å². The largest absolute Gasteiger partial charge is 0.113 e. The van der Waals surface area contributed by atoms with Gasteiger partial charge in [-0.2, -0.15) is 0 Å². The minimum absolute atomic E-state index is 0.134. The Hall–Kier alpha value is -1.31. The fourth-order valence-electron chi connectivity index (χ4n) is 3.34. The summed E-state index contributed by atoms with van der Waals surface area (Å²) in [4.78, 5) is 0. The molecule has 0 bridgehead atoms. The van der Waals surface area contributed by atoms with E-state index in [4.69, 9.17) is 11.6 Å². The fraction of sp³-hybridized carbons (Fsp3) is 0.158. The van der Waals surface area contributed by atoms with E-state index >= 15 is 0 Å². The SMILES string of the molecule is ClC(c1ccccc1Br)c1ccc2c3c(cccc13)CC2. The molecule has 4 rings (SSSR count). The van der Waals surface area contributed by atoms with Crippen LogP contribution in [0.1, 0.15) is 27.6 Å². The van der Waals surface area contributed by atoms with E-state index in [-0.39, 0.29) is 5.38 Å². The third-order valence-corrected chi connectivity index (χ3v) is 5.55. The van der Waals surface area contributed by atoms with Crippen LogP contribution in [0.5, 0.6) is 0 Å². The molecule has 0 fully saturated rings. The summed E-state index contributed by atoms with van der Waals surface area (Å²) in [6.07, 6.45) is 2.30. The fourth-order valence-corrected chi connectivity index (χ4v) is 4.36. The Labute approximate surface area is 137 Å². The van der Waals surface area contributed by atoms with Gasteiger partial charge in [-0.05, 0) is 51.9 Å². The van der Waals surface area contributed by atoms with E-state index in [0.29, 0.717) is 0 Å². The van der Waals surface area contributed by atoms with E-state index in [2.05, 4.69) is 52.3 Å². The Morgan fingerprint density at radius 2 is 1.57 bits per heavy atom. The summed E-state index contributed by atoms with van der Waals surface area (Å²) in [6, 6.07) is 19.2. The Bertz CT molecular complexity index is 828. The van der Waals surface area contributed by atoms with Gasteiger partial charge in [0.15, 0.2) is 0 Å². The van der Waals surface area contributed by atoms with Gasteiger partial charge in [0.2, 0.25) is 0 Å². The van der Waals surface area contributed by atoms with Crippen LogP contribution in [0.3, 0.4) is 0 Å². The van der Waals surface area contributed by atoms with Crippen molar-refractivity contribution in [2.24, 2.45) is 0 Å². The van der Waals surface area contributed by atoms with Gasteiger partial charge >= 0.3 is 0 Å². The lowest BCUT2D eigenvalue weighted by Gasteiger charge is -2.16. The van der Waals surface area contributed by atoms with Crippen molar-refractivity contribution in [2.75, 3.05) is 0 Å². The van der Waals surface area contributed by atoms with Crippen molar-refractivity contribution in [3.05, 3.63) is 81.3 Å². The summed E-state index contributed by atoms with van der Waals surface area (Å²) in [6.45, 7) is 0. The predicted octanol–water partition coefficient (Wildman–Crippen LogP) is 6.03. The highest BCUT2D eigenvalue weighted by molar-refractivity contribution is 9.10. The molecule has 0 heterocycles. The number of hydrogen-bond acceptors (Lipinski definition) is 0. The first-order chi connectivity index (χ1) is 10.3. The molecule has 0 nitrogen and oxygen atoms in total. The Kier molecular flexibility index (Phi) is 3.28. The third kappa shape index (κ3) is 2.11. The molecule has 1 aliphatic rings. The number of hydrogen-bond donors (Lipinski definition) is 0. The summed E-state index contributed by atoms with van der Waals surface area (Å²) in [7, 11) is 0. The maximum absolute atomic E-state index is 6.81. The highest BCUT2D eigenvalue weighted by Gasteiger charge is 2.20. The second-order valence-corrected chi connectivity index (χ2v) is 6.83. The molecule has 0 radical (unpaired) electrons. The van der Waals surface area contributed by atoms with E-state index < -0.39 is 0 Å². The summed E-state index contributed by atoms with van der Waals surface area (Å²) in [5.41, 5.74) is 5.24. The quantitative estimate of drug-likeness (QED) is 0.491. The van der Waals surface area contributed by atoms with Gasteiger partial charge in [-0.15, -0.1) is 11.6 Å². The normalized spacial score (nSPS) is 14.6. The van der Waals surface area contributed by atoms with Gasteiger partial charge < -0.3 is 0 Å². The molecule has 0 aromatic heterocycles. The van der Waals surface area contributed by atoms with Crippen LogP contribution in [0, 0.1) is 0 Å². The maximum Gasteiger partial charge on any atom is 0.0852 e. The van der Waals surface area contributed by atoms with E-state index in [1.807, 2.05) is 18.2 Å². The average Bonchev–Trinajstić information content (AvgIpc) is 2.93. The highest BCUT2D eigenvalue weighted by Crippen LogP contribution is 2.40. The third-order valence-electron chi connectivity index (χ3n) is 4.36. The van der Waals surface area contributed by atoms with Gasteiger partial charge in [0.1, 0.15) is 0 Å². The summed E-state index contributed by atoms with van der Waals surface area (Å²) in [5, 5.41) is 2.59. The van der Waals surface area contributed by atoms with Crippen LogP contribution in [-0.2, 0) is 12.8 Å². The van der Waals surface area contributed by atoms with Crippen molar-refractivity contribution in [1.29, 1.82) is 0 Å². The topological polar surface area (TPSA) is 0 Å². The number of alkyl halides is 1. The molecule has 3 aromatic rings. The van der Waals surface area contributed by atoms with Crippen molar-refractivity contribution < 1.29 is 0 Å². The molecule has 1 aliphatic carbocycles. The van der Waals surface area contributed by atoms with Gasteiger partial charge in [0.05, 0.1) is 5.38 Å². The summed E-state index contributed by atoms with van der Waals surface area (Å²) >= 11 is 10.4. The predicted molar refractivity (Wildman–Crippen MR) is 93.2 cm³/mol. The molecular formula is C19H14BrCl. The lowest BCUT2D eigenvalue weighted by atomic mass is 9.95. The lowest BCUT2D eigenvalue weighted by Crippen LogP contribution is -1.96. The number of aryl methyl sites for hydroxylation is 2. The molecule has 0 N–H and O–H groups in total. The molecule has 2 heteroatoms. The monoisotopic (exact) mass is 356 g/mol. The lowest BCUT2D eigenvalue weighted by molar-refractivity contribution is 1.02. The molecule has 0 aliphatic heterocycles. The Morgan fingerprint density at radius 3 is 2.38 bits per heavy atom. The van der Waals surface area contributed by atoms with Gasteiger partial charge in [0.25, 0.3) is 0 Å². The molecule has 0 spiro atoms. The first-order valence-electron chi connectivity index (χ1n) is 7.17. The van der Waals surface area contributed by atoms with Crippen LogP contribution >= 0.6 is 27.5 Å². The van der Waals surface area contributed by atoms with Crippen molar-refractivity contribution in [1.82, 2.24) is 0 Å². The molecule has 21 heavy (non-hydrogen) atoms. The zero-order valence-corrected chi connectivity index (χ0v) is 13.8. The number of rotatable bonds is 2. The van der Waals surface area contributed by atoms with Gasteiger partial charge in [0, 0.05) is 4.47 Å². The van der Waals surface area contributed by atoms with Crippen molar-refractivity contribution in [3.63, 3.8) is 0 Å². The first-order valence-corrected chi connectivity index (χ1v) is 8.40. The zero-order valence-electron chi connectivity index (χ0n) is 11.4. The average molecular weight is 358 g/mol. The van der Waals surface area contributed by atoms with E-state index in [1.165, 1.54) is 27.5 Å². The zero-order chi connectivity index (χ0) is 14.4. The molecule has 0 saturated heterocycles. The standard InChI is InChI=1S/C19H14BrCl/c20-17-7-2-1-5-16(17)19(21)15-11-10-13-9-8-12-4-3-6-14(15)18(12)13/h1-7,10-11,19H,8-9H2. The van der Waals surface area contributed by atoms with E-state index in [9.17, 15) is 0 Å². The smallest absolute Gasteiger partial charge is 0.0852 e. The maximum atomic E-state index is 6.81. The molecule has 1 unspecified atom stereocenters. The minimum atomic E-state index is -0.134. The molecule has 3 aromatic carbocycles. The van der Waals surface area contributed by atoms with Crippen LogP contribution < -0.4 is 0 Å². The van der Waals surface area contributed by atoms with Crippen LogP contribution in [0.25, 0.3) is 10.8 Å². The van der Waals surface area contributed by atoms with Crippen LogP contribution in [0.2, 0.25) is 0 Å². The van der Waals surface area contributed by atoms with Crippen LogP contribution in [0.4, 0.5) is 0 Å². The van der Waals surface area contributed by atoms with Crippen molar-refractivity contribution in [3.8, 4) is 0 Å². The molecule has 0 amide bonds. The van der Waals surface area contributed by atoms with E-state index in [0.717, 1.165) is 22.9 Å². The van der Waals surface area contributed by atoms with Crippen molar-refractivity contribution >= 4 is 38.3 Å². The summed E-state index contributed by atoms with van der Waals surface area (Å²) in [5.74, 6) is 0. The van der Waals surface area contributed by atoms with Crippen molar-refractivity contribution in [2.45, 2.75) is 18.2 Å². The highest BCUT2D eigenvalue weighted by atomic mass is 79.9. The van der Waals surface area contributed by atoms with Gasteiger partial charge in [-0.3, -0.25) is 0 Å². The van der Waals surface area contributed by atoms with E-state index in [1.54, 1.807) is 0 Å².